The summed E-state index contributed by atoms with van der Waals surface area (Å²) in [4.78, 5) is 12.7. The van der Waals surface area contributed by atoms with Crippen LogP contribution in [-0.4, -0.2) is 18.8 Å². The fourth-order valence-corrected chi connectivity index (χ4v) is 2.14. The Kier molecular flexibility index (Phi) is 4.75. The van der Waals surface area contributed by atoms with E-state index in [2.05, 4.69) is 4.40 Å². The molecule has 0 aliphatic carbocycles. The van der Waals surface area contributed by atoms with Crippen LogP contribution in [0, 0.1) is 0 Å². The molecule has 2 aromatic carbocycles. The third-order valence-corrected chi connectivity index (χ3v) is 3.17. The van der Waals surface area contributed by atoms with E-state index in [0.717, 1.165) is 10.5 Å². The molecule has 0 unspecified atom stereocenters. The van der Waals surface area contributed by atoms with E-state index in [1.807, 2.05) is 60.7 Å². The number of carbonyl (C=O) groups excluding carboxylic acids is 1. The molecular formula is C15H13NO2S. The largest absolute Gasteiger partial charge is 0.464 e. The maximum absolute atomic E-state index is 11.8. The molecule has 3 nitrogen and oxygen atoms in total. The summed E-state index contributed by atoms with van der Waals surface area (Å²) in [5.41, 5.74) is 1.06. The molecule has 0 saturated heterocycles. The summed E-state index contributed by atoms with van der Waals surface area (Å²) in [5, 5.41) is 0. The van der Waals surface area contributed by atoms with Crippen molar-refractivity contribution < 1.29 is 9.53 Å². The summed E-state index contributed by atoms with van der Waals surface area (Å²) in [7, 11) is 1.36. The summed E-state index contributed by atoms with van der Waals surface area (Å²) in [6.07, 6.45) is 0. The van der Waals surface area contributed by atoms with E-state index < -0.39 is 5.97 Å². The second-order valence-corrected chi connectivity index (χ2v) is 4.54. The quantitative estimate of drug-likeness (QED) is 0.486. The zero-order valence-corrected chi connectivity index (χ0v) is 11.3. The SMILES string of the molecule is COC(=O)/C(=N/Sc1ccccc1)c1ccccc1. The van der Waals surface area contributed by atoms with Crippen molar-refractivity contribution in [3.63, 3.8) is 0 Å². The lowest BCUT2D eigenvalue weighted by atomic mass is 10.1. The molecule has 96 valence electrons. The second kappa shape index (κ2) is 6.75. The molecule has 0 aromatic heterocycles. The Labute approximate surface area is 116 Å². The molecule has 0 aliphatic heterocycles. The minimum atomic E-state index is -0.436. The molecule has 0 atom stereocenters. The van der Waals surface area contributed by atoms with E-state index >= 15 is 0 Å². The van der Waals surface area contributed by atoms with Gasteiger partial charge in [0.05, 0.1) is 7.11 Å². The number of benzene rings is 2. The molecule has 2 aromatic rings. The summed E-state index contributed by atoms with van der Waals surface area (Å²) in [6.45, 7) is 0. The molecule has 4 heteroatoms. The van der Waals surface area contributed by atoms with E-state index in [0.29, 0.717) is 5.71 Å². The third kappa shape index (κ3) is 3.69. The summed E-state index contributed by atoms with van der Waals surface area (Å²) >= 11 is 1.25. The minimum absolute atomic E-state index is 0.317. The highest BCUT2D eigenvalue weighted by atomic mass is 32.2. The molecule has 0 radical (unpaired) electrons. The van der Waals surface area contributed by atoms with Crippen LogP contribution in [0.3, 0.4) is 0 Å². The molecule has 2 rings (SSSR count). The fourth-order valence-electron chi connectivity index (χ4n) is 1.48. The van der Waals surface area contributed by atoms with Gasteiger partial charge in [0.2, 0.25) is 0 Å². The summed E-state index contributed by atoms with van der Waals surface area (Å²) < 4.78 is 9.07. The van der Waals surface area contributed by atoms with E-state index in [1.54, 1.807) is 0 Å². The van der Waals surface area contributed by atoms with Crippen molar-refractivity contribution in [1.82, 2.24) is 0 Å². The maximum atomic E-state index is 11.8. The van der Waals surface area contributed by atoms with Gasteiger partial charge in [0.1, 0.15) is 0 Å². The molecule has 0 saturated carbocycles. The normalized spacial score (nSPS) is 11.1. The summed E-state index contributed by atoms with van der Waals surface area (Å²) in [5.74, 6) is -0.436. The van der Waals surface area contributed by atoms with Crippen LogP contribution in [0.2, 0.25) is 0 Å². The van der Waals surface area contributed by atoms with Crippen LogP contribution in [0.5, 0.6) is 0 Å². The van der Waals surface area contributed by atoms with Gasteiger partial charge in [-0.1, -0.05) is 48.5 Å². The van der Waals surface area contributed by atoms with E-state index in [1.165, 1.54) is 19.1 Å². The van der Waals surface area contributed by atoms with Crippen molar-refractivity contribution >= 4 is 23.6 Å². The zero-order valence-electron chi connectivity index (χ0n) is 10.4. The Morgan fingerprint density at radius 2 is 1.58 bits per heavy atom. The van der Waals surface area contributed by atoms with Crippen molar-refractivity contribution in [3.8, 4) is 0 Å². The Bertz CT molecular complexity index is 567. The van der Waals surface area contributed by atoms with E-state index in [9.17, 15) is 4.79 Å². The van der Waals surface area contributed by atoms with Gasteiger partial charge in [-0.15, -0.1) is 0 Å². The molecule has 0 fully saturated rings. The molecular weight excluding hydrogens is 258 g/mol. The minimum Gasteiger partial charge on any atom is -0.464 e. The average molecular weight is 271 g/mol. The number of hydrogen-bond acceptors (Lipinski definition) is 4. The molecule has 0 amide bonds. The van der Waals surface area contributed by atoms with Crippen LogP contribution < -0.4 is 0 Å². The maximum Gasteiger partial charge on any atom is 0.357 e. The molecule has 0 N–H and O–H groups in total. The molecule has 0 bridgehead atoms. The van der Waals surface area contributed by atoms with Crippen LogP contribution in [0.1, 0.15) is 5.56 Å². The highest BCUT2D eigenvalue weighted by molar-refractivity contribution is 7.98. The van der Waals surface area contributed by atoms with Gasteiger partial charge in [0.15, 0.2) is 5.71 Å². The predicted molar refractivity (Wildman–Crippen MR) is 77.3 cm³/mol. The van der Waals surface area contributed by atoms with Gasteiger partial charge in [0, 0.05) is 22.4 Å². The van der Waals surface area contributed by atoms with E-state index in [-0.39, 0.29) is 0 Å². The third-order valence-electron chi connectivity index (χ3n) is 2.41. The number of nitrogens with zero attached hydrogens (tertiary/aromatic N) is 1. The van der Waals surface area contributed by atoms with Crippen molar-refractivity contribution in [2.24, 2.45) is 4.40 Å². The smallest absolute Gasteiger partial charge is 0.357 e. The Morgan fingerprint density at radius 3 is 2.16 bits per heavy atom. The monoisotopic (exact) mass is 271 g/mol. The Balaban J connectivity index is 2.26. The Morgan fingerprint density at radius 1 is 1.00 bits per heavy atom. The number of esters is 1. The number of carbonyl (C=O) groups is 1. The molecule has 0 heterocycles. The van der Waals surface area contributed by atoms with Crippen LogP contribution in [0.4, 0.5) is 0 Å². The predicted octanol–water partition coefficient (Wildman–Crippen LogP) is 3.36. The van der Waals surface area contributed by atoms with Crippen molar-refractivity contribution in [1.29, 1.82) is 0 Å². The highest BCUT2D eigenvalue weighted by Crippen LogP contribution is 2.20. The van der Waals surface area contributed by atoms with Crippen LogP contribution >= 0.6 is 11.9 Å². The van der Waals surface area contributed by atoms with Gasteiger partial charge < -0.3 is 4.74 Å². The molecule has 0 aliphatic rings. The van der Waals surface area contributed by atoms with Gasteiger partial charge >= 0.3 is 5.97 Å². The van der Waals surface area contributed by atoms with Crippen LogP contribution in [0.25, 0.3) is 0 Å². The summed E-state index contributed by atoms with van der Waals surface area (Å²) in [6, 6.07) is 19.0. The zero-order chi connectivity index (χ0) is 13.5. The number of hydrogen-bond donors (Lipinski definition) is 0. The topological polar surface area (TPSA) is 38.7 Å². The number of rotatable bonds is 4. The number of ether oxygens (including phenoxy) is 1. The standard InChI is InChI=1S/C15H13NO2S/c1-18-15(17)14(12-8-4-2-5-9-12)16-19-13-10-6-3-7-11-13/h2-11H,1H3/b16-14+. The van der Waals surface area contributed by atoms with Gasteiger partial charge in [-0.3, -0.25) is 0 Å². The van der Waals surface area contributed by atoms with Crippen molar-refractivity contribution in [3.05, 3.63) is 66.2 Å². The van der Waals surface area contributed by atoms with Crippen molar-refractivity contribution in [2.45, 2.75) is 4.90 Å². The highest BCUT2D eigenvalue weighted by Gasteiger charge is 2.14. The van der Waals surface area contributed by atoms with Gasteiger partial charge in [0.25, 0.3) is 0 Å². The first-order valence-corrected chi connectivity index (χ1v) is 6.52. The number of methoxy groups -OCH3 is 1. The first-order chi connectivity index (χ1) is 9.31. The fraction of sp³-hybridized carbons (Fsp3) is 0.0667. The van der Waals surface area contributed by atoms with Gasteiger partial charge in [-0.05, 0) is 12.1 Å². The lowest BCUT2D eigenvalue weighted by Gasteiger charge is -2.04. The van der Waals surface area contributed by atoms with Gasteiger partial charge in [-0.2, -0.15) is 0 Å². The van der Waals surface area contributed by atoms with Crippen LogP contribution in [-0.2, 0) is 9.53 Å². The second-order valence-electron chi connectivity index (χ2n) is 3.70. The first kappa shape index (κ1) is 13.4. The Hall–Kier alpha value is -2.07. The average Bonchev–Trinajstić information content (AvgIpc) is 2.49. The lowest BCUT2D eigenvalue weighted by molar-refractivity contribution is -0.132. The van der Waals surface area contributed by atoms with Crippen molar-refractivity contribution in [2.75, 3.05) is 7.11 Å². The first-order valence-electron chi connectivity index (χ1n) is 5.75. The van der Waals surface area contributed by atoms with Crippen LogP contribution in [0.15, 0.2) is 70.0 Å². The lowest BCUT2D eigenvalue weighted by Crippen LogP contribution is -2.16. The van der Waals surface area contributed by atoms with E-state index in [4.69, 9.17) is 4.74 Å². The molecule has 19 heavy (non-hydrogen) atoms. The molecule has 0 spiro atoms. The van der Waals surface area contributed by atoms with Gasteiger partial charge in [-0.25, -0.2) is 9.19 Å².